The van der Waals surface area contributed by atoms with Gasteiger partial charge in [0, 0.05) is 16.9 Å². The van der Waals surface area contributed by atoms with E-state index >= 15 is 0 Å². The van der Waals surface area contributed by atoms with Crippen molar-refractivity contribution in [2.24, 2.45) is 0 Å². The third kappa shape index (κ3) is 6.67. The molecule has 1 amide bonds. The van der Waals surface area contributed by atoms with Gasteiger partial charge in [0.2, 0.25) is 5.91 Å². The van der Waals surface area contributed by atoms with Gasteiger partial charge in [0.15, 0.2) is 0 Å². The van der Waals surface area contributed by atoms with Gasteiger partial charge in [-0.15, -0.1) is 0 Å². The lowest BCUT2D eigenvalue weighted by Crippen LogP contribution is -2.53. The fraction of sp³-hybridized carbons (Fsp3) is 0.208. The van der Waals surface area contributed by atoms with Gasteiger partial charge >= 0.3 is 18.5 Å². The molecule has 16 heteroatoms. The van der Waals surface area contributed by atoms with Crippen LogP contribution >= 0.6 is 0 Å². The SMILES string of the molecule is O=C(Cc1ccc(NS(=O)(=O)c2ccc(C(F)(F)F)cc2)cc1)Nc1ccc(C(O)(C(F)(F)F)C(F)(F)F)cc1. The number of hydrogen-bond donors (Lipinski definition) is 3. The summed E-state index contributed by atoms with van der Waals surface area (Å²) in [7, 11) is -4.24. The standard InChI is InChI=1S/C24H17F9N2O4S/c25-22(26,27)16-5-11-19(12-6-16)40(38,39)35-18-7-1-14(2-8-18)13-20(36)34-17-9-3-15(4-10-17)21(37,23(28,29)30)24(31,32)33/h1-12,35,37H,13H2,(H,34,36). The van der Waals surface area contributed by atoms with E-state index in [2.05, 4.69) is 10.0 Å². The molecule has 3 N–H and O–H groups in total. The molecule has 0 saturated carbocycles. The lowest BCUT2D eigenvalue weighted by atomic mass is 9.92. The Morgan fingerprint density at radius 3 is 1.57 bits per heavy atom. The largest absolute Gasteiger partial charge is 0.430 e. The Balaban J connectivity index is 1.64. The van der Waals surface area contributed by atoms with Crippen molar-refractivity contribution >= 4 is 27.3 Å². The van der Waals surface area contributed by atoms with E-state index in [9.17, 15) is 57.8 Å². The highest BCUT2D eigenvalue weighted by Gasteiger charge is 2.71. The van der Waals surface area contributed by atoms with Crippen molar-refractivity contribution in [3.63, 3.8) is 0 Å². The predicted octanol–water partition coefficient (Wildman–Crippen LogP) is 6.00. The number of alkyl halides is 9. The summed E-state index contributed by atoms with van der Waals surface area (Å²) in [5, 5.41) is 11.7. The van der Waals surface area contributed by atoms with E-state index in [4.69, 9.17) is 0 Å². The average Bonchev–Trinajstić information content (AvgIpc) is 2.83. The third-order valence-corrected chi connectivity index (χ3v) is 6.87. The summed E-state index contributed by atoms with van der Waals surface area (Å²) < 4.78 is 143. The van der Waals surface area contributed by atoms with E-state index in [1.165, 1.54) is 24.3 Å². The topological polar surface area (TPSA) is 95.5 Å². The molecule has 0 spiro atoms. The van der Waals surface area contributed by atoms with Gasteiger partial charge in [-0.3, -0.25) is 9.52 Å². The molecular formula is C24H17F9N2O4S. The van der Waals surface area contributed by atoms with Gasteiger partial charge in [-0.2, -0.15) is 39.5 Å². The van der Waals surface area contributed by atoms with Gasteiger partial charge in [-0.05, 0) is 54.1 Å². The number of aliphatic hydroxyl groups is 1. The number of halogens is 9. The van der Waals surface area contributed by atoms with Crippen LogP contribution in [0.5, 0.6) is 0 Å². The van der Waals surface area contributed by atoms with Gasteiger partial charge < -0.3 is 10.4 Å². The first-order valence-electron chi connectivity index (χ1n) is 10.8. The highest BCUT2D eigenvalue weighted by atomic mass is 32.2. The highest BCUT2D eigenvalue weighted by molar-refractivity contribution is 7.92. The molecule has 216 valence electrons. The van der Waals surface area contributed by atoms with Crippen LogP contribution < -0.4 is 10.0 Å². The summed E-state index contributed by atoms with van der Waals surface area (Å²) in [6.07, 6.45) is -17.1. The molecule has 0 radical (unpaired) electrons. The second-order valence-electron chi connectivity index (χ2n) is 8.33. The molecule has 3 aromatic rings. The number of amides is 1. The van der Waals surface area contributed by atoms with E-state index in [0.29, 0.717) is 29.8 Å². The van der Waals surface area contributed by atoms with Crippen LogP contribution in [0.3, 0.4) is 0 Å². The smallest absolute Gasteiger partial charge is 0.369 e. The fourth-order valence-corrected chi connectivity index (χ4v) is 4.46. The summed E-state index contributed by atoms with van der Waals surface area (Å²) in [5.74, 6) is -0.729. The van der Waals surface area contributed by atoms with E-state index in [0.717, 1.165) is 24.3 Å². The summed E-state index contributed by atoms with van der Waals surface area (Å²) in [6.45, 7) is 0. The second-order valence-corrected chi connectivity index (χ2v) is 10.0. The Labute approximate surface area is 220 Å². The van der Waals surface area contributed by atoms with Gasteiger partial charge in [0.25, 0.3) is 15.6 Å². The van der Waals surface area contributed by atoms with Gasteiger partial charge in [-0.1, -0.05) is 24.3 Å². The van der Waals surface area contributed by atoms with E-state index in [1.807, 2.05) is 0 Å². The van der Waals surface area contributed by atoms with Gasteiger partial charge in [0.1, 0.15) is 0 Å². The van der Waals surface area contributed by atoms with Gasteiger partial charge in [-0.25, -0.2) is 8.42 Å². The Morgan fingerprint density at radius 1 is 0.675 bits per heavy atom. The molecule has 3 aromatic carbocycles. The zero-order chi connectivity index (χ0) is 30.1. The van der Waals surface area contributed by atoms with Crippen molar-refractivity contribution in [3.05, 3.63) is 89.5 Å². The second kappa shape index (κ2) is 10.6. The van der Waals surface area contributed by atoms with Crippen LogP contribution in [-0.2, 0) is 33.0 Å². The van der Waals surface area contributed by atoms with Crippen LogP contribution in [0.25, 0.3) is 0 Å². The normalized spacial score (nSPS) is 13.2. The molecule has 0 aromatic heterocycles. The number of anilines is 2. The Hall–Kier alpha value is -3.79. The summed E-state index contributed by atoms with van der Waals surface area (Å²) in [4.78, 5) is 11.8. The Bertz CT molecular complexity index is 1440. The van der Waals surface area contributed by atoms with E-state index in [1.54, 1.807) is 0 Å². The highest BCUT2D eigenvalue weighted by Crippen LogP contribution is 2.50. The lowest BCUT2D eigenvalue weighted by molar-refractivity contribution is -0.376. The maximum atomic E-state index is 13.0. The fourth-order valence-electron chi connectivity index (χ4n) is 3.40. The zero-order valence-electron chi connectivity index (χ0n) is 19.6. The first-order chi connectivity index (χ1) is 18.2. The molecule has 0 fully saturated rings. The molecule has 6 nitrogen and oxygen atoms in total. The molecule has 0 unspecified atom stereocenters. The number of benzene rings is 3. The summed E-state index contributed by atoms with van der Waals surface area (Å²) in [5.41, 5.74) is -7.47. The molecule has 3 rings (SSSR count). The molecule has 0 atom stereocenters. The van der Waals surface area contributed by atoms with Crippen molar-refractivity contribution < 1.29 is 57.8 Å². The van der Waals surface area contributed by atoms with Crippen LogP contribution in [-0.4, -0.2) is 31.8 Å². The van der Waals surface area contributed by atoms with Crippen molar-refractivity contribution in [3.8, 4) is 0 Å². The first kappa shape index (κ1) is 30.7. The maximum absolute atomic E-state index is 13.0. The summed E-state index contributed by atoms with van der Waals surface area (Å²) >= 11 is 0. The van der Waals surface area contributed by atoms with E-state index < -0.39 is 56.1 Å². The molecule has 0 aliphatic carbocycles. The number of sulfonamides is 1. The molecule has 40 heavy (non-hydrogen) atoms. The molecule has 0 bridgehead atoms. The minimum absolute atomic E-state index is 0.0152. The van der Waals surface area contributed by atoms with Crippen LogP contribution in [0, 0.1) is 0 Å². The zero-order valence-corrected chi connectivity index (χ0v) is 20.4. The van der Waals surface area contributed by atoms with Crippen molar-refractivity contribution in [2.75, 3.05) is 10.0 Å². The van der Waals surface area contributed by atoms with Crippen LogP contribution in [0.1, 0.15) is 16.7 Å². The lowest BCUT2D eigenvalue weighted by Gasteiger charge is -2.32. The molecule has 0 aliphatic rings. The predicted molar refractivity (Wildman–Crippen MR) is 123 cm³/mol. The minimum Gasteiger partial charge on any atom is -0.369 e. The number of rotatable bonds is 7. The van der Waals surface area contributed by atoms with E-state index in [-0.39, 0.29) is 17.8 Å². The monoisotopic (exact) mass is 600 g/mol. The third-order valence-electron chi connectivity index (χ3n) is 5.47. The number of carbonyl (C=O) groups excluding carboxylic acids is 1. The number of carbonyl (C=O) groups is 1. The van der Waals surface area contributed by atoms with Gasteiger partial charge in [0.05, 0.1) is 16.9 Å². The van der Waals surface area contributed by atoms with Crippen molar-refractivity contribution in [1.29, 1.82) is 0 Å². The van der Waals surface area contributed by atoms with Crippen LogP contribution in [0.4, 0.5) is 50.9 Å². The average molecular weight is 600 g/mol. The summed E-state index contributed by atoms with van der Waals surface area (Å²) in [6, 6.07) is 10.2. The number of hydrogen-bond acceptors (Lipinski definition) is 4. The first-order valence-corrected chi connectivity index (χ1v) is 12.3. The molecule has 0 aliphatic heterocycles. The molecular weight excluding hydrogens is 583 g/mol. The minimum atomic E-state index is -6.06. The Kier molecular flexibility index (Phi) is 8.18. The number of nitrogens with one attached hydrogen (secondary N) is 2. The van der Waals surface area contributed by atoms with Crippen LogP contribution in [0.15, 0.2) is 77.7 Å². The van der Waals surface area contributed by atoms with Crippen molar-refractivity contribution in [1.82, 2.24) is 0 Å². The van der Waals surface area contributed by atoms with Crippen molar-refractivity contribution in [2.45, 2.75) is 35.4 Å². The molecule has 0 heterocycles. The maximum Gasteiger partial charge on any atom is 0.430 e. The Morgan fingerprint density at radius 2 is 1.12 bits per heavy atom. The molecule has 0 saturated heterocycles. The quantitative estimate of drug-likeness (QED) is 0.290. The van der Waals surface area contributed by atoms with Crippen LogP contribution in [0.2, 0.25) is 0 Å².